The molecule has 0 aliphatic carbocycles. The van der Waals surface area contributed by atoms with Crippen LogP contribution in [0.3, 0.4) is 0 Å². The van der Waals surface area contributed by atoms with Crippen molar-refractivity contribution in [1.29, 1.82) is 0 Å². The summed E-state index contributed by atoms with van der Waals surface area (Å²) in [5, 5.41) is 7.90. The summed E-state index contributed by atoms with van der Waals surface area (Å²) < 4.78 is 22.6. The molecule has 1 heterocycles. The third kappa shape index (κ3) is 3.62. The average molecular weight is 345 g/mol. The second-order valence-corrected chi connectivity index (χ2v) is 7.72. The van der Waals surface area contributed by atoms with Crippen molar-refractivity contribution in [2.75, 3.05) is 5.32 Å². The van der Waals surface area contributed by atoms with Gasteiger partial charge in [-0.05, 0) is 43.7 Å². The minimum Gasteiger partial charge on any atom is -0.320 e. The molecule has 0 spiro atoms. The van der Waals surface area contributed by atoms with Crippen molar-refractivity contribution >= 4 is 44.6 Å². The highest BCUT2D eigenvalue weighted by atomic mass is 35.5. The summed E-state index contributed by atoms with van der Waals surface area (Å²) in [7, 11) is -3.85. The van der Waals surface area contributed by atoms with Crippen molar-refractivity contribution in [1.82, 2.24) is 0 Å². The number of primary sulfonamides is 1. The van der Waals surface area contributed by atoms with Crippen LogP contribution >= 0.6 is 22.9 Å². The predicted molar refractivity (Wildman–Crippen MR) is 84.6 cm³/mol. The lowest BCUT2D eigenvalue weighted by atomic mass is 10.2. The normalized spacial score (nSPS) is 11.4. The van der Waals surface area contributed by atoms with E-state index < -0.39 is 10.0 Å². The third-order valence-corrected chi connectivity index (χ3v) is 5.30. The van der Waals surface area contributed by atoms with Crippen molar-refractivity contribution in [3.05, 3.63) is 44.6 Å². The van der Waals surface area contributed by atoms with E-state index in [0.717, 1.165) is 10.4 Å². The van der Waals surface area contributed by atoms with Gasteiger partial charge < -0.3 is 5.32 Å². The van der Waals surface area contributed by atoms with E-state index >= 15 is 0 Å². The van der Waals surface area contributed by atoms with Gasteiger partial charge in [-0.3, -0.25) is 4.79 Å². The summed E-state index contributed by atoms with van der Waals surface area (Å²) in [5.74, 6) is -0.343. The van der Waals surface area contributed by atoms with Gasteiger partial charge in [0, 0.05) is 4.88 Å². The Labute approximate surface area is 131 Å². The van der Waals surface area contributed by atoms with Gasteiger partial charge in [-0.1, -0.05) is 11.6 Å². The van der Waals surface area contributed by atoms with E-state index in [2.05, 4.69) is 5.32 Å². The fourth-order valence-electron chi connectivity index (χ4n) is 1.65. The van der Waals surface area contributed by atoms with Gasteiger partial charge in [0.1, 0.15) is 0 Å². The molecule has 8 heteroatoms. The highest BCUT2D eigenvalue weighted by molar-refractivity contribution is 7.89. The fraction of sp³-hybridized carbons (Fsp3) is 0.154. The van der Waals surface area contributed by atoms with Gasteiger partial charge in [0.2, 0.25) is 10.0 Å². The maximum absolute atomic E-state index is 12.2. The lowest BCUT2D eigenvalue weighted by molar-refractivity contribution is 0.103. The standard InChI is InChI=1S/C13H13ClN2O3S2/c1-7-5-12(20-8(7)2)13(17)16-11-6-9(21(15,18)19)3-4-10(11)14/h3-6H,1-2H3,(H,16,17)(H2,15,18,19). The number of hydrogen-bond donors (Lipinski definition) is 2. The third-order valence-electron chi connectivity index (χ3n) is 2.90. The maximum atomic E-state index is 12.2. The molecule has 112 valence electrons. The lowest BCUT2D eigenvalue weighted by Gasteiger charge is -2.07. The minimum atomic E-state index is -3.85. The monoisotopic (exact) mass is 344 g/mol. The quantitative estimate of drug-likeness (QED) is 0.897. The Morgan fingerprint density at radius 2 is 1.95 bits per heavy atom. The zero-order valence-electron chi connectivity index (χ0n) is 11.3. The van der Waals surface area contributed by atoms with Gasteiger partial charge in [-0.15, -0.1) is 11.3 Å². The first-order chi connectivity index (χ1) is 9.68. The number of aryl methyl sites for hydroxylation is 2. The van der Waals surface area contributed by atoms with Gasteiger partial charge >= 0.3 is 0 Å². The second-order valence-electron chi connectivity index (χ2n) is 4.49. The molecular formula is C13H13ClN2O3S2. The average Bonchev–Trinajstić information content (AvgIpc) is 2.71. The highest BCUT2D eigenvalue weighted by Gasteiger charge is 2.15. The van der Waals surface area contributed by atoms with Gasteiger partial charge in [0.05, 0.1) is 20.5 Å². The molecule has 3 N–H and O–H groups in total. The Morgan fingerprint density at radius 3 is 2.48 bits per heavy atom. The van der Waals surface area contributed by atoms with Gasteiger partial charge in [0.15, 0.2) is 0 Å². The molecule has 0 atom stereocenters. The largest absolute Gasteiger partial charge is 0.320 e. The maximum Gasteiger partial charge on any atom is 0.265 e. The van der Waals surface area contributed by atoms with E-state index in [1.165, 1.54) is 29.5 Å². The Bertz CT molecular complexity index is 793. The van der Waals surface area contributed by atoms with E-state index in [9.17, 15) is 13.2 Å². The Morgan fingerprint density at radius 1 is 1.29 bits per heavy atom. The molecular weight excluding hydrogens is 332 g/mol. The number of nitrogens with one attached hydrogen (secondary N) is 1. The van der Waals surface area contributed by atoms with Gasteiger partial charge in [-0.25, -0.2) is 13.6 Å². The van der Waals surface area contributed by atoms with Crippen LogP contribution in [0.4, 0.5) is 5.69 Å². The molecule has 2 aromatic rings. The lowest BCUT2D eigenvalue weighted by Crippen LogP contribution is -2.14. The number of carbonyl (C=O) groups is 1. The summed E-state index contributed by atoms with van der Waals surface area (Å²) in [6.07, 6.45) is 0. The number of rotatable bonds is 3. The summed E-state index contributed by atoms with van der Waals surface area (Å²) >= 11 is 7.33. The summed E-state index contributed by atoms with van der Waals surface area (Å²) in [6.45, 7) is 3.84. The molecule has 2 rings (SSSR count). The molecule has 0 saturated carbocycles. The summed E-state index contributed by atoms with van der Waals surface area (Å²) in [4.78, 5) is 13.6. The van der Waals surface area contributed by atoms with E-state index in [1.807, 2.05) is 13.8 Å². The molecule has 21 heavy (non-hydrogen) atoms. The van der Waals surface area contributed by atoms with E-state index in [4.69, 9.17) is 16.7 Å². The Balaban J connectivity index is 2.33. The first-order valence-corrected chi connectivity index (χ1v) is 8.63. The predicted octanol–water partition coefficient (Wildman–Crippen LogP) is 2.92. The van der Waals surface area contributed by atoms with Crippen LogP contribution in [0.1, 0.15) is 20.1 Å². The first-order valence-electron chi connectivity index (χ1n) is 5.89. The molecule has 0 bridgehead atoms. The molecule has 0 unspecified atom stereocenters. The topological polar surface area (TPSA) is 89.3 Å². The van der Waals surface area contributed by atoms with Crippen molar-refractivity contribution in [3.8, 4) is 0 Å². The first kappa shape index (κ1) is 16.0. The van der Waals surface area contributed by atoms with Crippen LogP contribution in [0.2, 0.25) is 5.02 Å². The number of amides is 1. The second kappa shape index (κ2) is 5.76. The molecule has 0 aliphatic heterocycles. The van der Waals surface area contributed by atoms with E-state index in [0.29, 0.717) is 4.88 Å². The SMILES string of the molecule is Cc1cc(C(=O)Nc2cc(S(N)(=O)=O)ccc2Cl)sc1C. The Hall–Kier alpha value is -1.41. The smallest absolute Gasteiger partial charge is 0.265 e. The number of sulfonamides is 1. The molecule has 1 aromatic heterocycles. The molecule has 1 amide bonds. The van der Waals surface area contributed by atoms with Crippen molar-refractivity contribution in [3.63, 3.8) is 0 Å². The zero-order valence-corrected chi connectivity index (χ0v) is 13.7. The minimum absolute atomic E-state index is 0.110. The van der Waals surface area contributed by atoms with Crippen LogP contribution in [0.5, 0.6) is 0 Å². The van der Waals surface area contributed by atoms with Crippen LogP contribution in [-0.4, -0.2) is 14.3 Å². The van der Waals surface area contributed by atoms with E-state index in [-0.39, 0.29) is 21.5 Å². The van der Waals surface area contributed by atoms with Crippen LogP contribution < -0.4 is 10.5 Å². The molecule has 5 nitrogen and oxygen atoms in total. The van der Waals surface area contributed by atoms with Crippen LogP contribution in [-0.2, 0) is 10.0 Å². The van der Waals surface area contributed by atoms with Crippen LogP contribution in [0, 0.1) is 13.8 Å². The van der Waals surface area contributed by atoms with Gasteiger partial charge in [-0.2, -0.15) is 0 Å². The van der Waals surface area contributed by atoms with E-state index in [1.54, 1.807) is 6.07 Å². The Kier molecular flexibility index (Phi) is 4.38. The highest BCUT2D eigenvalue weighted by Crippen LogP contribution is 2.27. The van der Waals surface area contributed by atoms with Crippen molar-refractivity contribution in [2.45, 2.75) is 18.7 Å². The molecule has 1 aromatic carbocycles. The molecule has 0 aliphatic rings. The number of carbonyl (C=O) groups excluding carboxylic acids is 1. The van der Waals surface area contributed by atoms with Crippen LogP contribution in [0.25, 0.3) is 0 Å². The number of hydrogen-bond acceptors (Lipinski definition) is 4. The fourth-order valence-corrected chi connectivity index (χ4v) is 3.28. The van der Waals surface area contributed by atoms with Crippen LogP contribution in [0.15, 0.2) is 29.2 Å². The summed E-state index contributed by atoms with van der Waals surface area (Å²) in [5.41, 5.74) is 1.23. The molecule has 0 saturated heterocycles. The summed E-state index contributed by atoms with van der Waals surface area (Å²) in [6, 6.07) is 5.67. The number of thiophene rings is 1. The number of halogens is 1. The van der Waals surface area contributed by atoms with Crippen molar-refractivity contribution < 1.29 is 13.2 Å². The van der Waals surface area contributed by atoms with Gasteiger partial charge in [0.25, 0.3) is 5.91 Å². The van der Waals surface area contributed by atoms with Crippen molar-refractivity contribution in [2.24, 2.45) is 5.14 Å². The molecule has 0 radical (unpaired) electrons. The number of benzene rings is 1. The zero-order chi connectivity index (χ0) is 15.8. The number of anilines is 1. The molecule has 0 fully saturated rings. The number of nitrogens with two attached hydrogens (primary N) is 1.